The largest absolute Gasteiger partial charge is 0.480 e. The van der Waals surface area contributed by atoms with Gasteiger partial charge in [0.05, 0.1) is 19.3 Å². The number of carbonyl (C=O) groups excluding carboxylic acids is 3. The second-order valence-electron chi connectivity index (χ2n) is 8.51. The number of carboxylic acid groups (broad SMARTS) is 1. The lowest BCUT2D eigenvalue weighted by molar-refractivity contribution is -0.142. The first-order valence-electron chi connectivity index (χ1n) is 11.8. The Hall–Kier alpha value is -4.21. The Kier molecular flexibility index (Phi) is 11.5. The Bertz CT molecular complexity index is 1150. The highest BCUT2D eigenvalue weighted by Crippen LogP contribution is 2.19. The van der Waals surface area contributed by atoms with Crippen molar-refractivity contribution in [2.75, 3.05) is 19.8 Å². The minimum atomic E-state index is -1.55. The first-order chi connectivity index (χ1) is 18.1. The quantitative estimate of drug-likeness (QED) is 0.0614. The number of benzene rings is 1. The number of carboxylic acids is 1. The lowest BCUT2D eigenvalue weighted by Gasteiger charge is -2.23. The van der Waals surface area contributed by atoms with Gasteiger partial charge < -0.3 is 53.5 Å². The average Bonchev–Trinajstić information content (AvgIpc) is 3.29. The maximum absolute atomic E-state index is 12.7. The summed E-state index contributed by atoms with van der Waals surface area (Å²) in [6, 6.07) is 1.82. The van der Waals surface area contributed by atoms with Gasteiger partial charge in [-0.3, -0.25) is 19.4 Å². The Morgan fingerprint density at radius 3 is 2.08 bits per heavy atom. The number of aliphatic carboxylic acids is 1. The van der Waals surface area contributed by atoms with E-state index in [2.05, 4.69) is 25.9 Å². The number of aliphatic hydroxyl groups is 2. The number of carbonyl (C=O) groups is 4. The van der Waals surface area contributed by atoms with Crippen LogP contribution in [0.15, 0.2) is 35.5 Å². The third-order valence-corrected chi connectivity index (χ3v) is 5.65. The molecule has 208 valence electrons. The van der Waals surface area contributed by atoms with Gasteiger partial charge in [0.25, 0.3) is 0 Å². The fourth-order valence-corrected chi connectivity index (χ4v) is 3.58. The van der Waals surface area contributed by atoms with E-state index < -0.39 is 61.1 Å². The third kappa shape index (κ3) is 8.72. The Balaban J connectivity index is 1.96. The third-order valence-electron chi connectivity index (χ3n) is 5.65. The van der Waals surface area contributed by atoms with Crippen LogP contribution in [0.2, 0.25) is 0 Å². The van der Waals surface area contributed by atoms with E-state index in [0.717, 1.165) is 10.9 Å². The molecule has 1 aromatic carbocycles. The molecule has 4 unspecified atom stereocenters. The number of nitrogens with one attached hydrogen (secondary N) is 4. The standard InChI is InChI=1S/C23H34N8O7/c24-14(5-3-7-27-23(25)26)19(34)30-17(10-32)21(36)31-18(11-33)20(35)29-16(22(37)38)8-12-9-28-15-6-2-1-4-13(12)15/h1-2,4,6,9,14,16-18,28,32-33H,3,5,7-8,10-11,24H2,(H,29,35)(H,30,34)(H,31,36)(H,37,38)(H4,25,26,27). The van der Waals surface area contributed by atoms with Gasteiger partial charge in [0.1, 0.15) is 18.1 Å². The minimum Gasteiger partial charge on any atom is -0.480 e. The lowest BCUT2D eigenvalue weighted by Crippen LogP contribution is -2.59. The van der Waals surface area contributed by atoms with Crippen LogP contribution in [0.25, 0.3) is 10.9 Å². The van der Waals surface area contributed by atoms with E-state index >= 15 is 0 Å². The molecule has 2 aromatic rings. The van der Waals surface area contributed by atoms with Crippen molar-refractivity contribution < 1.29 is 34.5 Å². The van der Waals surface area contributed by atoms with Gasteiger partial charge in [0.15, 0.2) is 5.96 Å². The van der Waals surface area contributed by atoms with Gasteiger partial charge in [-0.15, -0.1) is 0 Å². The van der Waals surface area contributed by atoms with Crippen molar-refractivity contribution in [3.05, 3.63) is 36.0 Å². The number of hydrogen-bond acceptors (Lipinski definition) is 8. The van der Waals surface area contributed by atoms with E-state index in [1.54, 1.807) is 18.3 Å². The predicted octanol–water partition coefficient (Wildman–Crippen LogP) is -3.39. The van der Waals surface area contributed by atoms with E-state index in [1.807, 2.05) is 12.1 Å². The van der Waals surface area contributed by atoms with Gasteiger partial charge in [0.2, 0.25) is 17.7 Å². The Morgan fingerprint density at radius 2 is 1.50 bits per heavy atom. The van der Waals surface area contributed by atoms with Crippen LogP contribution in [-0.2, 0) is 25.6 Å². The van der Waals surface area contributed by atoms with Crippen molar-refractivity contribution in [1.82, 2.24) is 20.9 Å². The minimum absolute atomic E-state index is 0.0619. The van der Waals surface area contributed by atoms with Gasteiger partial charge in [-0.25, -0.2) is 4.79 Å². The predicted molar refractivity (Wildman–Crippen MR) is 137 cm³/mol. The number of amides is 3. The van der Waals surface area contributed by atoms with Gasteiger partial charge in [0, 0.05) is 30.1 Å². The molecule has 0 aliphatic carbocycles. The number of nitrogens with two attached hydrogens (primary N) is 3. The molecule has 0 radical (unpaired) electrons. The molecule has 0 aliphatic rings. The number of hydrogen-bond donors (Lipinski definition) is 10. The second kappa shape index (κ2) is 14.5. The van der Waals surface area contributed by atoms with Crippen LogP contribution in [-0.4, -0.2) is 93.9 Å². The highest BCUT2D eigenvalue weighted by molar-refractivity contribution is 5.94. The van der Waals surface area contributed by atoms with Crippen LogP contribution in [0, 0.1) is 0 Å². The number of aromatic amines is 1. The first kappa shape index (κ1) is 30.0. The van der Waals surface area contributed by atoms with E-state index in [9.17, 15) is 34.5 Å². The number of aliphatic hydroxyl groups excluding tert-OH is 2. The summed E-state index contributed by atoms with van der Waals surface area (Å²) in [5.41, 5.74) is 17.7. The number of H-pyrrole nitrogens is 1. The summed E-state index contributed by atoms with van der Waals surface area (Å²) in [6.45, 7) is -1.44. The summed E-state index contributed by atoms with van der Waals surface area (Å²) in [4.78, 5) is 56.2. The smallest absolute Gasteiger partial charge is 0.326 e. The van der Waals surface area contributed by atoms with Crippen LogP contribution in [0.1, 0.15) is 18.4 Å². The van der Waals surface area contributed by atoms with Gasteiger partial charge in [-0.1, -0.05) is 18.2 Å². The zero-order valence-electron chi connectivity index (χ0n) is 20.6. The summed E-state index contributed by atoms with van der Waals surface area (Å²) >= 11 is 0. The fraction of sp³-hybridized carbons (Fsp3) is 0.435. The van der Waals surface area contributed by atoms with Crippen molar-refractivity contribution >= 4 is 40.6 Å². The molecule has 0 aliphatic heterocycles. The molecule has 2 rings (SSSR count). The molecule has 15 nitrogen and oxygen atoms in total. The number of nitrogens with zero attached hydrogens (tertiary/aromatic N) is 1. The second-order valence-corrected chi connectivity index (χ2v) is 8.51. The first-order valence-corrected chi connectivity index (χ1v) is 11.8. The number of guanidine groups is 1. The molecule has 0 bridgehead atoms. The highest BCUT2D eigenvalue weighted by atomic mass is 16.4. The maximum Gasteiger partial charge on any atom is 0.326 e. The van der Waals surface area contributed by atoms with Crippen molar-refractivity contribution in [3.63, 3.8) is 0 Å². The summed E-state index contributed by atoms with van der Waals surface area (Å²) in [6.07, 6.45) is 2.15. The molecule has 0 fully saturated rings. The van der Waals surface area contributed by atoms with E-state index in [4.69, 9.17) is 17.2 Å². The molecule has 0 saturated heterocycles. The Labute approximate surface area is 217 Å². The van der Waals surface area contributed by atoms with E-state index in [-0.39, 0.29) is 25.3 Å². The van der Waals surface area contributed by atoms with Gasteiger partial charge in [-0.05, 0) is 24.5 Å². The summed E-state index contributed by atoms with van der Waals surface area (Å²) < 4.78 is 0. The fourth-order valence-electron chi connectivity index (χ4n) is 3.58. The molecular formula is C23H34N8O7. The lowest BCUT2D eigenvalue weighted by atomic mass is 10.0. The van der Waals surface area contributed by atoms with Gasteiger partial charge >= 0.3 is 5.97 Å². The van der Waals surface area contributed by atoms with Crippen LogP contribution in [0.4, 0.5) is 0 Å². The molecule has 4 atom stereocenters. The van der Waals surface area contributed by atoms with Crippen molar-refractivity contribution in [2.45, 2.75) is 43.4 Å². The van der Waals surface area contributed by atoms with Crippen molar-refractivity contribution in [2.24, 2.45) is 22.2 Å². The molecule has 3 amide bonds. The summed E-state index contributed by atoms with van der Waals surface area (Å²) in [7, 11) is 0. The highest BCUT2D eigenvalue weighted by Gasteiger charge is 2.30. The number of fused-ring (bicyclic) bond motifs is 1. The zero-order chi connectivity index (χ0) is 28.2. The number of aromatic nitrogens is 1. The molecule has 38 heavy (non-hydrogen) atoms. The molecule has 13 N–H and O–H groups in total. The normalized spacial score (nSPS) is 14.1. The molecule has 1 aromatic heterocycles. The van der Waals surface area contributed by atoms with Crippen LogP contribution >= 0.6 is 0 Å². The summed E-state index contributed by atoms with van der Waals surface area (Å²) in [5, 5.41) is 36.4. The molecule has 1 heterocycles. The maximum atomic E-state index is 12.7. The molecule has 0 saturated carbocycles. The average molecular weight is 535 g/mol. The van der Waals surface area contributed by atoms with Crippen LogP contribution in [0.5, 0.6) is 0 Å². The monoisotopic (exact) mass is 534 g/mol. The molecular weight excluding hydrogens is 500 g/mol. The molecule has 0 spiro atoms. The van der Waals surface area contributed by atoms with Gasteiger partial charge in [-0.2, -0.15) is 0 Å². The van der Waals surface area contributed by atoms with Crippen molar-refractivity contribution in [3.8, 4) is 0 Å². The summed E-state index contributed by atoms with van der Waals surface area (Å²) in [5.74, 6) is -4.10. The van der Waals surface area contributed by atoms with Crippen LogP contribution in [0.3, 0.4) is 0 Å². The molecule has 15 heteroatoms. The number of para-hydroxylation sites is 1. The number of aliphatic imine (C=N–C) groups is 1. The Morgan fingerprint density at radius 1 is 0.921 bits per heavy atom. The SMILES string of the molecule is NC(N)=NCCCC(N)C(=O)NC(CO)C(=O)NC(CO)C(=O)NC(Cc1c[nH]c2ccccc12)C(=O)O. The van der Waals surface area contributed by atoms with E-state index in [0.29, 0.717) is 12.0 Å². The number of rotatable bonds is 15. The zero-order valence-corrected chi connectivity index (χ0v) is 20.6. The topological polar surface area (TPSA) is 271 Å². The van der Waals surface area contributed by atoms with E-state index in [1.165, 1.54) is 0 Å². The van der Waals surface area contributed by atoms with Crippen LogP contribution < -0.4 is 33.2 Å². The van der Waals surface area contributed by atoms with Crippen molar-refractivity contribution in [1.29, 1.82) is 0 Å².